The molecule has 0 aromatic heterocycles. The fourth-order valence-electron chi connectivity index (χ4n) is 3.84. The van der Waals surface area contributed by atoms with Gasteiger partial charge in [0.2, 0.25) is 0 Å². The second-order valence-corrected chi connectivity index (χ2v) is 6.63. The molecule has 116 valence electrons. The lowest BCUT2D eigenvalue weighted by Gasteiger charge is -2.40. The Hall–Kier alpha value is -0.900. The van der Waals surface area contributed by atoms with Crippen LogP contribution in [0.15, 0.2) is 24.3 Å². The third kappa shape index (κ3) is 4.06. The van der Waals surface area contributed by atoms with Gasteiger partial charge in [0.1, 0.15) is 0 Å². The molecule has 0 bridgehead atoms. The number of nitrogens with two attached hydrogens (primary N) is 1. The standard InChI is InChI=1S/C18H29N3/c19-14-16-5-4-6-17(13-16)15-20-11-7-18(8-12-20)21-9-2-1-3-10-21/h4-6,13,18H,1-3,7-12,14-15,19H2. The fraction of sp³-hybridized carbons (Fsp3) is 0.667. The minimum atomic E-state index is 0.644. The average Bonchev–Trinajstić information content (AvgIpc) is 2.56. The lowest BCUT2D eigenvalue weighted by molar-refractivity contribution is 0.0896. The summed E-state index contributed by atoms with van der Waals surface area (Å²) >= 11 is 0. The summed E-state index contributed by atoms with van der Waals surface area (Å²) in [5, 5.41) is 0. The first-order chi connectivity index (χ1) is 10.3. The van der Waals surface area contributed by atoms with Crippen molar-refractivity contribution < 1.29 is 0 Å². The number of rotatable bonds is 4. The fourth-order valence-corrected chi connectivity index (χ4v) is 3.84. The van der Waals surface area contributed by atoms with Crippen molar-refractivity contribution in [3.05, 3.63) is 35.4 Å². The quantitative estimate of drug-likeness (QED) is 0.924. The lowest BCUT2D eigenvalue weighted by atomic mass is 9.99. The van der Waals surface area contributed by atoms with Gasteiger partial charge in [0, 0.05) is 19.1 Å². The number of piperidine rings is 2. The van der Waals surface area contributed by atoms with Crippen LogP contribution < -0.4 is 5.73 Å². The number of likely N-dealkylation sites (tertiary alicyclic amines) is 2. The summed E-state index contributed by atoms with van der Waals surface area (Å²) in [5.41, 5.74) is 8.39. The van der Waals surface area contributed by atoms with Gasteiger partial charge in [-0.05, 0) is 63.0 Å². The zero-order valence-corrected chi connectivity index (χ0v) is 13.1. The van der Waals surface area contributed by atoms with Crippen LogP contribution in [0, 0.1) is 0 Å². The molecule has 2 heterocycles. The molecule has 1 aromatic carbocycles. The molecular formula is C18H29N3. The molecule has 2 aliphatic rings. The summed E-state index contributed by atoms with van der Waals surface area (Å²) in [7, 11) is 0. The van der Waals surface area contributed by atoms with E-state index < -0.39 is 0 Å². The van der Waals surface area contributed by atoms with E-state index in [0.717, 1.165) is 12.6 Å². The van der Waals surface area contributed by atoms with Crippen molar-refractivity contribution >= 4 is 0 Å². The van der Waals surface area contributed by atoms with Crippen LogP contribution >= 0.6 is 0 Å². The molecule has 2 aliphatic heterocycles. The van der Waals surface area contributed by atoms with Gasteiger partial charge in [-0.3, -0.25) is 4.90 Å². The molecule has 0 atom stereocenters. The van der Waals surface area contributed by atoms with Crippen molar-refractivity contribution in [1.29, 1.82) is 0 Å². The monoisotopic (exact) mass is 287 g/mol. The second kappa shape index (κ2) is 7.39. The highest BCUT2D eigenvalue weighted by Crippen LogP contribution is 2.22. The van der Waals surface area contributed by atoms with Crippen LogP contribution in [0.25, 0.3) is 0 Å². The Morgan fingerprint density at radius 2 is 1.67 bits per heavy atom. The van der Waals surface area contributed by atoms with Gasteiger partial charge >= 0.3 is 0 Å². The highest BCUT2D eigenvalue weighted by Gasteiger charge is 2.25. The van der Waals surface area contributed by atoms with E-state index in [2.05, 4.69) is 34.1 Å². The normalized spacial score (nSPS) is 22.5. The maximum Gasteiger partial charge on any atom is 0.0233 e. The molecule has 21 heavy (non-hydrogen) atoms. The van der Waals surface area contributed by atoms with Crippen molar-refractivity contribution in [3.8, 4) is 0 Å². The first-order valence-corrected chi connectivity index (χ1v) is 8.59. The summed E-state index contributed by atoms with van der Waals surface area (Å²) < 4.78 is 0. The summed E-state index contributed by atoms with van der Waals surface area (Å²) in [4.78, 5) is 5.35. The van der Waals surface area contributed by atoms with E-state index in [1.54, 1.807) is 0 Å². The predicted molar refractivity (Wildman–Crippen MR) is 88.1 cm³/mol. The predicted octanol–water partition coefficient (Wildman–Crippen LogP) is 2.60. The Bertz CT molecular complexity index is 432. The lowest BCUT2D eigenvalue weighted by Crippen LogP contribution is -2.46. The first-order valence-electron chi connectivity index (χ1n) is 8.59. The maximum absolute atomic E-state index is 5.73. The number of hydrogen-bond donors (Lipinski definition) is 1. The largest absolute Gasteiger partial charge is 0.326 e. The van der Waals surface area contributed by atoms with Crippen molar-refractivity contribution in [1.82, 2.24) is 9.80 Å². The molecule has 3 rings (SSSR count). The Kier molecular flexibility index (Phi) is 5.28. The summed E-state index contributed by atoms with van der Waals surface area (Å²) in [6.07, 6.45) is 6.94. The van der Waals surface area contributed by atoms with Crippen LogP contribution in [0.3, 0.4) is 0 Å². The molecule has 3 heteroatoms. The first kappa shape index (κ1) is 15.0. The zero-order chi connectivity index (χ0) is 14.5. The molecule has 3 nitrogen and oxygen atoms in total. The highest BCUT2D eigenvalue weighted by molar-refractivity contribution is 5.23. The van der Waals surface area contributed by atoms with Crippen LogP contribution in [-0.4, -0.2) is 42.0 Å². The van der Waals surface area contributed by atoms with Crippen molar-refractivity contribution in [2.24, 2.45) is 5.73 Å². The van der Waals surface area contributed by atoms with E-state index in [1.165, 1.54) is 69.4 Å². The SMILES string of the molecule is NCc1cccc(CN2CCC(N3CCCCC3)CC2)c1. The molecule has 0 radical (unpaired) electrons. The molecular weight excluding hydrogens is 258 g/mol. The van der Waals surface area contributed by atoms with E-state index >= 15 is 0 Å². The van der Waals surface area contributed by atoms with E-state index in [0.29, 0.717) is 6.54 Å². The third-order valence-electron chi connectivity index (χ3n) is 5.10. The van der Waals surface area contributed by atoms with Crippen molar-refractivity contribution in [2.45, 2.75) is 51.2 Å². The van der Waals surface area contributed by atoms with E-state index in [4.69, 9.17) is 5.73 Å². The third-order valence-corrected chi connectivity index (χ3v) is 5.10. The van der Waals surface area contributed by atoms with Gasteiger partial charge in [0.15, 0.2) is 0 Å². The average molecular weight is 287 g/mol. The van der Waals surface area contributed by atoms with Gasteiger partial charge in [-0.25, -0.2) is 0 Å². The van der Waals surface area contributed by atoms with E-state index in [-0.39, 0.29) is 0 Å². The van der Waals surface area contributed by atoms with Crippen molar-refractivity contribution in [3.63, 3.8) is 0 Å². The number of nitrogens with zero attached hydrogens (tertiary/aromatic N) is 2. The molecule has 0 amide bonds. The minimum absolute atomic E-state index is 0.644. The van der Waals surface area contributed by atoms with E-state index in [9.17, 15) is 0 Å². The summed E-state index contributed by atoms with van der Waals surface area (Å²) in [6, 6.07) is 9.59. The molecule has 0 unspecified atom stereocenters. The number of benzene rings is 1. The van der Waals surface area contributed by atoms with Gasteiger partial charge in [0.25, 0.3) is 0 Å². The van der Waals surface area contributed by atoms with E-state index in [1.807, 2.05) is 0 Å². The Morgan fingerprint density at radius 1 is 0.952 bits per heavy atom. The molecule has 0 spiro atoms. The molecule has 2 N–H and O–H groups in total. The Labute approximate surface area is 129 Å². The van der Waals surface area contributed by atoms with Gasteiger partial charge < -0.3 is 10.6 Å². The van der Waals surface area contributed by atoms with Gasteiger partial charge in [-0.1, -0.05) is 30.7 Å². The van der Waals surface area contributed by atoms with Crippen LogP contribution in [-0.2, 0) is 13.1 Å². The summed E-state index contributed by atoms with van der Waals surface area (Å²) in [6.45, 7) is 6.89. The van der Waals surface area contributed by atoms with Gasteiger partial charge in [-0.2, -0.15) is 0 Å². The topological polar surface area (TPSA) is 32.5 Å². The van der Waals surface area contributed by atoms with Crippen LogP contribution in [0.5, 0.6) is 0 Å². The second-order valence-electron chi connectivity index (χ2n) is 6.63. The van der Waals surface area contributed by atoms with Crippen molar-refractivity contribution in [2.75, 3.05) is 26.2 Å². The Balaban J connectivity index is 1.48. The smallest absolute Gasteiger partial charge is 0.0233 e. The highest BCUT2D eigenvalue weighted by atomic mass is 15.2. The molecule has 2 saturated heterocycles. The minimum Gasteiger partial charge on any atom is -0.326 e. The van der Waals surface area contributed by atoms with Crippen LogP contribution in [0.2, 0.25) is 0 Å². The van der Waals surface area contributed by atoms with Gasteiger partial charge in [0.05, 0.1) is 0 Å². The van der Waals surface area contributed by atoms with Crippen LogP contribution in [0.1, 0.15) is 43.2 Å². The summed E-state index contributed by atoms with van der Waals surface area (Å²) in [5.74, 6) is 0. The van der Waals surface area contributed by atoms with Gasteiger partial charge in [-0.15, -0.1) is 0 Å². The maximum atomic E-state index is 5.73. The molecule has 1 aromatic rings. The molecule has 0 aliphatic carbocycles. The Morgan fingerprint density at radius 3 is 2.38 bits per heavy atom. The molecule has 0 saturated carbocycles. The number of hydrogen-bond acceptors (Lipinski definition) is 3. The zero-order valence-electron chi connectivity index (χ0n) is 13.1. The molecule has 2 fully saturated rings. The van der Waals surface area contributed by atoms with Crippen LogP contribution in [0.4, 0.5) is 0 Å².